The third kappa shape index (κ3) is 4.16. The van der Waals surface area contributed by atoms with Crippen LogP contribution in [0.15, 0.2) is 41.3 Å². The first-order valence-electron chi connectivity index (χ1n) is 9.28. The van der Waals surface area contributed by atoms with Crippen LogP contribution in [-0.2, 0) is 24.2 Å². The van der Waals surface area contributed by atoms with E-state index in [0.29, 0.717) is 12.8 Å². The quantitative estimate of drug-likeness (QED) is 0.573. The summed E-state index contributed by atoms with van der Waals surface area (Å²) in [6.07, 6.45) is 6.20. The van der Waals surface area contributed by atoms with Crippen LogP contribution in [0.2, 0.25) is 0 Å². The Morgan fingerprint density at radius 3 is 2.14 bits per heavy atom. The minimum Gasteiger partial charge on any atom is -0.350 e. The summed E-state index contributed by atoms with van der Waals surface area (Å²) in [6.45, 7) is 1.87. The van der Waals surface area contributed by atoms with Crippen molar-refractivity contribution in [2.45, 2.75) is 37.1 Å². The Hall–Kier alpha value is -2.48. The van der Waals surface area contributed by atoms with Gasteiger partial charge in [0.2, 0.25) is 17.7 Å². The van der Waals surface area contributed by atoms with Gasteiger partial charge in [-0.15, -0.1) is 0 Å². The van der Waals surface area contributed by atoms with Crippen molar-refractivity contribution in [1.82, 2.24) is 10.2 Å². The van der Waals surface area contributed by atoms with Gasteiger partial charge < -0.3 is 5.32 Å². The number of hydrogen-bond acceptors (Lipinski definition) is 5. The van der Waals surface area contributed by atoms with Gasteiger partial charge in [-0.1, -0.05) is 24.3 Å². The van der Waals surface area contributed by atoms with E-state index in [2.05, 4.69) is 5.32 Å². The van der Waals surface area contributed by atoms with Crippen LogP contribution in [0.4, 0.5) is 0 Å². The smallest absolute Gasteiger partial charge is 0.233 e. The molecule has 1 fully saturated rings. The molecule has 1 aliphatic heterocycles. The molecule has 28 heavy (non-hydrogen) atoms. The third-order valence-electron chi connectivity index (χ3n) is 5.35. The molecule has 8 heteroatoms. The number of sulfone groups is 1. The summed E-state index contributed by atoms with van der Waals surface area (Å²) in [5, 5.41) is 2.82. The molecule has 0 spiro atoms. The van der Waals surface area contributed by atoms with Gasteiger partial charge in [0.15, 0.2) is 9.84 Å². The van der Waals surface area contributed by atoms with E-state index in [0.717, 1.165) is 11.8 Å². The second kappa shape index (κ2) is 7.87. The molecule has 1 heterocycles. The highest BCUT2D eigenvalue weighted by molar-refractivity contribution is 7.90. The lowest BCUT2D eigenvalue weighted by Crippen LogP contribution is -2.36. The van der Waals surface area contributed by atoms with E-state index in [1.165, 1.54) is 17.0 Å². The van der Waals surface area contributed by atoms with Gasteiger partial charge in [0, 0.05) is 19.2 Å². The van der Waals surface area contributed by atoms with Gasteiger partial charge in [-0.25, -0.2) is 8.42 Å². The van der Waals surface area contributed by atoms with Crippen LogP contribution in [0.1, 0.15) is 37.8 Å². The number of allylic oxidation sites excluding steroid dienone is 2. The standard InChI is InChI=1S/C20H24N2O5S/c1-13(14-7-9-15(10-8-14)28(2,26)27)21-18(23)11-12-22-19(24)16-5-3-4-6-17(16)20(22)25/h3-4,7-10,13,16-17H,5-6,11-12H2,1-2H3,(H,21,23)/t13?,16-,17+. The van der Waals surface area contributed by atoms with Crippen molar-refractivity contribution in [3.63, 3.8) is 0 Å². The molecule has 7 nitrogen and oxygen atoms in total. The molecule has 150 valence electrons. The van der Waals surface area contributed by atoms with Crippen LogP contribution in [0, 0.1) is 11.8 Å². The van der Waals surface area contributed by atoms with Gasteiger partial charge in [-0.05, 0) is 37.5 Å². The Morgan fingerprint density at radius 2 is 1.64 bits per heavy atom. The number of nitrogens with zero attached hydrogens (tertiary/aromatic N) is 1. The molecule has 0 aromatic heterocycles. The fraction of sp³-hybridized carbons (Fsp3) is 0.450. The summed E-state index contributed by atoms with van der Waals surface area (Å²) in [7, 11) is -3.27. The van der Waals surface area contributed by atoms with Crippen molar-refractivity contribution < 1.29 is 22.8 Å². The highest BCUT2D eigenvalue weighted by Crippen LogP contribution is 2.35. The molecule has 2 aliphatic rings. The minimum absolute atomic E-state index is 0.0378. The SMILES string of the molecule is CC(NC(=O)CCN1C(=O)[C@H]2CC=CC[C@H]2C1=O)c1ccc(S(C)(=O)=O)cc1. The Bertz CT molecular complexity index is 894. The number of amides is 3. The zero-order chi connectivity index (χ0) is 20.5. The second-order valence-electron chi connectivity index (χ2n) is 7.36. The van der Waals surface area contributed by atoms with Gasteiger partial charge in [0.1, 0.15) is 0 Å². The van der Waals surface area contributed by atoms with Crippen LogP contribution in [-0.4, -0.2) is 43.8 Å². The Balaban J connectivity index is 1.54. The van der Waals surface area contributed by atoms with Crippen LogP contribution in [0.5, 0.6) is 0 Å². The molecule has 3 rings (SSSR count). The molecule has 1 saturated heterocycles. The van der Waals surface area contributed by atoms with E-state index in [1.54, 1.807) is 19.1 Å². The van der Waals surface area contributed by atoms with Gasteiger partial charge in [-0.2, -0.15) is 0 Å². The van der Waals surface area contributed by atoms with Crippen molar-refractivity contribution in [3.05, 3.63) is 42.0 Å². The molecule has 1 aliphatic carbocycles. The van der Waals surface area contributed by atoms with Gasteiger partial charge in [0.05, 0.1) is 22.8 Å². The van der Waals surface area contributed by atoms with Crippen molar-refractivity contribution in [1.29, 1.82) is 0 Å². The number of imide groups is 1. The molecule has 3 amide bonds. The summed E-state index contributed by atoms with van der Waals surface area (Å²) >= 11 is 0. The normalized spacial score (nSPS) is 22.9. The van der Waals surface area contributed by atoms with Gasteiger partial charge in [-0.3, -0.25) is 19.3 Å². The molecular formula is C20H24N2O5S. The third-order valence-corrected chi connectivity index (χ3v) is 6.48. The highest BCUT2D eigenvalue weighted by Gasteiger charge is 2.46. The Kier molecular flexibility index (Phi) is 5.69. The lowest BCUT2D eigenvalue weighted by atomic mass is 9.85. The van der Waals surface area contributed by atoms with Crippen molar-refractivity contribution in [3.8, 4) is 0 Å². The summed E-state index contributed by atoms with van der Waals surface area (Å²) in [4.78, 5) is 38.5. The van der Waals surface area contributed by atoms with E-state index in [4.69, 9.17) is 0 Å². The van der Waals surface area contributed by atoms with Crippen molar-refractivity contribution >= 4 is 27.6 Å². The zero-order valence-electron chi connectivity index (χ0n) is 15.9. The largest absolute Gasteiger partial charge is 0.350 e. The monoisotopic (exact) mass is 404 g/mol. The van der Waals surface area contributed by atoms with Crippen LogP contribution in [0.3, 0.4) is 0 Å². The maximum Gasteiger partial charge on any atom is 0.233 e. The number of carbonyl (C=O) groups excluding carboxylic acids is 3. The summed E-state index contributed by atoms with van der Waals surface area (Å²) in [5.74, 6) is -1.21. The first-order valence-corrected chi connectivity index (χ1v) is 11.2. The van der Waals surface area contributed by atoms with Crippen molar-refractivity contribution in [2.75, 3.05) is 12.8 Å². The molecule has 1 aromatic rings. The Labute approximate surface area is 164 Å². The fourth-order valence-electron chi connectivity index (χ4n) is 3.70. The predicted octanol–water partition coefficient (Wildman–Crippen LogP) is 1.61. The maximum absolute atomic E-state index is 12.4. The maximum atomic E-state index is 12.4. The number of carbonyl (C=O) groups is 3. The van der Waals surface area contributed by atoms with Crippen LogP contribution >= 0.6 is 0 Å². The molecule has 1 unspecified atom stereocenters. The average Bonchev–Trinajstić information content (AvgIpc) is 2.90. The molecule has 3 atom stereocenters. The van der Waals surface area contributed by atoms with E-state index in [-0.39, 0.29) is 53.5 Å². The first-order chi connectivity index (χ1) is 13.2. The summed E-state index contributed by atoms with van der Waals surface area (Å²) in [5.41, 5.74) is 0.770. The lowest BCUT2D eigenvalue weighted by molar-refractivity contribution is -0.140. The predicted molar refractivity (Wildman–Crippen MR) is 103 cm³/mol. The molecule has 0 radical (unpaired) electrons. The number of hydrogen-bond donors (Lipinski definition) is 1. The molecule has 1 aromatic carbocycles. The molecule has 0 saturated carbocycles. The minimum atomic E-state index is -3.27. The van der Waals surface area contributed by atoms with Gasteiger partial charge >= 0.3 is 0 Å². The molecule has 1 N–H and O–H groups in total. The van der Waals surface area contributed by atoms with E-state index in [1.807, 2.05) is 12.2 Å². The highest BCUT2D eigenvalue weighted by atomic mass is 32.2. The molecule has 0 bridgehead atoms. The number of benzene rings is 1. The fourth-order valence-corrected chi connectivity index (χ4v) is 4.33. The van der Waals surface area contributed by atoms with E-state index in [9.17, 15) is 22.8 Å². The number of rotatable bonds is 6. The van der Waals surface area contributed by atoms with E-state index < -0.39 is 9.84 Å². The number of nitrogens with one attached hydrogen (secondary N) is 1. The van der Waals surface area contributed by atoms with Gasteiger partial charge in [0.25, 0.3) is 0 Å². The van der Waals surface area contributed by atoms with Crippen LogP contribution in [0.25, 0.3) is 0 Å². The van der Waals surface area contributed by atoms with Crippen molar-refractivity contribution in [2.24, 2.45) is 11.8 Å². The zero-order valence-corrected chi connectivity index (χ0v) is 16.7. The average molecular weight is 404 g/mol. The first kappa shape index (κ1) is 20.3. The summed E-state index contributed by atoms with van der Waals surface area (Å²) in [6, 6.07) is 6.01. The van der Waals surface area contributed by atoms with Crippen LogP contribution < -0.4 is 5.32 Å². The van der Waals surface area contributed by atoms with E-state index >= 15 is 0 Å². The lowest BCUT2D eigenvalue weighted by Gasteiger charge is -2.17. The summed E-state index contributed by atoms with van der Waals surface area (Å²) < 4.78 is 23.0. The topological polar surface area (TPSA) is 101 Å². The number of fused-ring (bicyclic) bond motifs is 1. The Morgan fingerprint density at radius 1 is 1.11 bits per heavy atom. The second-order valence-corrected chi connectivity index (χ2v) is 9.38. The molecular weight excluding hydrogens is 380 g/mol. The number of likely N-dealkylation sites (tertiary alicyclic amines) is 1.